The smallest absolute Gasteiger partial charge is 0.264 e. The number of nitrogens with one attached hydrogen (secondary N) is 1. The number of halogens is 1. The fourth-order valence-corrected chi connectivity index (χ4v) is 5.93. The first-order valence-corrected chi connectivity index (χ1v) is 15.1. The topological polar surface area (TPSA) is 86.8 Å². The van der Waals surface area contributed by atoms with Gasteiger partial charge in [0.15, 0.2) is 0 Å². The molecule has 7 nitrogen and oxygen atoms in total. The number of nitrogens with zero attached hydrogens (tertiary/aromatic N) is 2. The van der Waals surface area contributed by atoms with E-state index < -0.39 is 34.1 Å². The van der Waals surface area contributed by atoms with Crippen molar-refractivity contribution in [1.82, 2.24) is 10.2 Å². The largest absolute Gasteiger partial charge is 0.350 e. The minimum Gasteiger partial charge on any atom is -0.350 e. The van der Waals surface area contributed by atoms with Gasteiger partial charge in [-0.25, -0.2) is 8.42 Å². The van der Waals surface area contributed by atoms with Crippen LogP contribution in [0.1, 0.15) is 50.8 Å². The fraction of sp³-hybridized carbons (Fsp3) is 0.355. The Morgan fingerprint density at radius 1 is 0.925 bits per heavy atom. The van der Waals surface area contributed by atoms with Crippen LogP contribution < -0.4 is 9.62 Å². The van der Waals surface area contributed by atoms with Crippen LogP contribution in [0.25, 0.3) is 0 Å². The van der Waals surface area contributed by atoms with E-state index >= 15 is 0 Å². The molecule has 1 unspecified atom stereocenters. The van der Waals surface area contributed by atoms with E-state index in [-0.39, 0.29) is 23.0 Å². The highest BCUT2D eigenvalue weighted by Gasteiger charge is 2.34. The summed E-state index contributed by atoms with van der Waals surface area (Å²) in [7, 11) is -4.15. The highest BCUT2D eigenvalue weighted by atomic mass is 35.5. The summed E-state index contributed by atoms with van der Waals surface area (Å²) in [5, 5.41) is 3.36. The van der Waals surface area contributed by atoms with E-state index in [9.17, 15) is 18.0 Å². The number of carbonyl (C=O) groups is 2. The summed E-state index contributed by atoms with van der Waals surface area (Å²) in [5.74, 6) is -0.803. The first-order chi connectivity index (χ1) is 18.7. The number of benzene rings is 3. The lowest BCUT2D eigenvalue weighted by molar-refractivity contribution is -0.141. The molecule has 0 aliphatic rings. The summed E-state index contributed by atoms with van der Waals surface area (Å²) in [4.78, 5) is 29.1. The Hall–Kier alpha value is -3.36. The second kappa shape index (κ2) is 12.9. The highest BCUT2D eigenvalue weighted by molar-refractivity contribution is 7.92. The molecule has 1 atom stereocenters. The number of amides is 2. The molecule has 0 heterocycles. The Labute approximate surface area is 243 Å². The molecular weight excluding hydrogens is 546 g/mol. The molecule has 2 amide bonds. The molecule has 0 radical (unpaired) electrons. The van der Waals surface area contributed by atoms with Crippen molar-refractivity contribution in [3.05, 3.63) is 94.5 Å². The van der Waals surface area contributed by atoms with Gasteiger partial charge in [-0.15, -0.1) is 0 Å². The predicted molar refractivity (Wildman–Crippen MR) is 161 cm³/mol. The molecule has 0 aliphatic carbocycles. The average molecular weight is 584 g/mol. The van der Waals surface area contributed by atoms with E-state index in [1.165, 1.54) is 17.0 Å². The number of rotatable bonds is 10. The van der Waals surface area contributed by atoms with E-state index in [1.54, 1.807) is 36.4 Å². The lowest BCUT2D eigenvalue weighted by Gasteiger charge is -2.35. The van der Waals surface area contributed by atoms with Crippen molar-refractivity contribution in [1.29, 1.82) is 0 Å². The van der Waals surface area contributed by atoms with E-state index in [0.29, 0.717) is 11.4 Å². The summed E-state index contributed by atoms with van der Waals surface area (Å²) >= 11 is 6.38. The Morgan fingerprint density at radius 3 is 2.12 bits per heavy atom. The van der Waals surface area contributed by atoms with Crippen molar-refractivity contribution in [3.63, 3.8) is 0 Å². The number of sulfonamides is 1. The molecule has 1 N–H and O–H groups in total. The minimum absolute atomic E-state index is 0.0440. The van der Waals surface area contributed by atoms with Crippen LogP contribution in [0.5, 0.6) is 0 Å². The number of aryl methyl sites for hydroxylation is 2. The van der Waals surface area contributed by atoms with Crippen molar-refractivity contribution in [2.45, 2.75) is 71.0 Å². The van der Waals surface area contributed by atoms with Gasteiger partial charge in [-0.2, -0.15) is 0 Å². The average Bonchev–Trinajstić information content (AvgIpc) is 2.89. The van der Waals surface area contributed by atoms with Gasteiger partial charge >= 0.3 is 0 Å². The summed E-state index contributed by atoms with van der Waals surface area (Å²) in [6, 6.07) is 19.7. The molecule has 0 bridgehead atoms. The molecule has 0 spiro atoms. The predicted octanol–water partition coefficient (Wildman–Crippen LogP) is 5.87. The standard InChI is InChI=1S/C31H38ClN3O4S/c1-7-28(30(37)33-31(4,5)6)34(20-24-14-12-11-13-22(24)2)29(36)21-35(25-18-17-23(3)27(32)19-25)40(38,39)26-15-9-8-10-16-26/h8-19,28H,7,20-21H2,1-6H3,(H,33,37). The quantitative estimate of drug-likeness (QED) is 0.323. The van der Waals surface area contributed by atoms with Crippen molar-refractivity contribution < 1.29 is 18.0 Å². The molecule has 40 heavy (non-hydrogen) atoms. The van der Waals surface area contributed by atoms with Crippen LogP contribution in [-0.2, 0) is 26.2 Å². The first-order valence-electron chi connectivity index (χ1n) is 13.2. The van der Waals surface area contributed by atoms with Crippen LogP contribution in [0.4, 0.5) is 5.69 Å². The fourth-order valence-electron chi connectivity index (χ4n) is 4.33. The number of carbonyl (C=O) groups excluding carboxylic acids is 2. The zero-order valence-corrected chi connectivity index (χ0v) is 25.5. The summed E-state index contributed by atoms with van der Waals surface area (Å²) < 4.78 is 28.9. The maximum Gasteiger partial charge on any atom is 0.264 e. The molecule has 0 aliphatic heterocycles. The van der Waals surface area contributed by atoms with Gasteiger partial charge in [-0.1, -0.05) is 67.1 Å². The van der Waals surface area contributed by atoms with Gasteiger partial charge in [0.1, 0.15) is 12.6 Å². The lowest BCUT2D eigenvalue weighted by Crippen LogP contribution is -2.55. The molecule has 3 rings (SSSR count). The van der Waals surface area contributed by atoms with Gasteiger partial charge in [0.2, 0.25) is 11.8 Å². The molecular formula is C31H38ClN3O4S. The molecule has 0 saturated carbocycles. The number of anilines is 1. The van der Waals surface area contributed by atoms with Crippen LogP contribution in [-0.4, -0.2) is 43.3 Å². The third-order valence-electron chi connectivity index (χ3n) is 6.54. The Morgan fingerprint density at radius 2 is 1.55 bits per heavy atom. The molecule has 0 saturated heterocycles. The maximum absolute atomic E-state index is 14.1. The van der Waals surface area contributed by atoms with Crippen LogP contribution in [0, 0.1) is 13.8 Å². The molecule has 214 valence electrons. The molecule has 3 aromatic rings. The third kappa shape index (κ3) is 7.64. The maximum atomic E-state index is 14.1. The van der Waals surface area contributed by atoms with Gasteiger partial charge in [-0.3, -0.25) is 13.9 Å². The van der Waals surface area contributed by atoms with E-state index in [0.717, 1.165) is 21.0 Å². The van der Waals surface area contributed by atoms with Gasteiger partial charge in [0.25, 0.3) is 10.0 Å². The number of hydrogen-bond donors (Lipinski definition) is 1. The Balaban J connectivity index is 2.10. The van der Waals surface area contributed by atoms with Crippen LogP contribution >= 0.6 is 11.6 Å². The lowest BCUT2D eigenvalue weighted by atomic mass is 10.0. The van der Waals surface area contributed by atoms with E-state index in [1.807, 2.05) is 65.8 Å². The minimum atomic E-state index is -4.15. The van der Waals surface area contributed by atoms with Gasteiger partial charge in [0.05, 0.1) is 10.6 Å². The summed E-state index contributed by atoms with van der Waals surface area (Å²) in [6.45, 7) is 10.9. The zero-order valence-electron chi connectivity index (χ0n) is 23.9. The van der Waals surface area contributed by atoms with Crippen molar-refractivity contribution in [3.8, 4) is 0 Å². The Bertz CT molecular complexity index is 1450. The van der Waals surface area contributed by atoms with Gasteiger partial charge < -0.3 is 10.2 Å². The van der Waals surface area contributed by atoms with Crippen molar-refractivity contribution >= 4 is 39.1 Å². The van der Waals surface area contributed by atoms with Crippen LogP contribution in [0.3, 0.4) is 0 Å². The molecule has 3 aromatic carbocycles. The number of hydrogen-bond acceptors (Lipinski definition) is 4. The second-order valence-corrected chi connectivity index (χ2v) is 13.1. The van der Waals surface area contributed by atoms with E-state index in [4.69, 9.17) is 11.6 Å². The molecule has 0 fully saturated rings. The SMILES string of the molecule is CCC(C(=O)NC(C)(C)C)N(Cc1ccccc1C)C(=O)CN(c1ccc(C)c(Cl)c1)S(=O)(=O)c1ccccc1. The second-order valence-electron chi connectivity index (χ2n) is 10.9. The Kier molecular flexibility index (Phi) is 10.0. The molecule has 9 heteroatoms. The zero-order chi connectivity index (χ0) is 29.7. The van der Waals surface area contributed by atoms with Gasteiger partial charge in [0, 0.05) is 17.1 Å². The summed E-state index contributed by atoms with van der Waals surface area (Å²) in [5.41, 5.74) is 2.36. The van der Waals surface area contributed by atoms with Gasteiger partial charge in [-0.05, 0) is 82.0 Å². The monoisotopic (exact) mass is 583 g/mol. The van der Waals surface area contributed by atoms with Crippen molar-refractivity contribution in [2.75, 3.05) is 10.8 Å². The normalized spacial score (nSPS) is 12.5. The van der Waals surface area contributed by atoms with Crippen LogP contribution in [0.15, 0.2) is 77.7 Å². The van der Waals surface area contributed by atoms with E-state index in [2.05, 4.69) is 5.32 Å². The van der Waals surface area contributed by atoms with Crippen LogP contribution in [0.2, 0.25) is 5.02 Å². The first kappa shape index (κ1) is 31.2. The summed E-state index contributed by atoms with van der Waals surface area (Å²) in [6.07, 6.45) is 0.349. The third-order valence-corrected chi connectivity index (χ3v) is 8.73. The van der Waals surface area contributed by atoms with Crippen molar-refractivity contribution in [2.24, 2.45) is 0 Å². The highest BCUT2D eigenvalue weighted by Crippen LogP contribution is 2.29. The molecule has 0 aromatic heterocycles.